The number of hydrogen-bond acceptors (Lipinski definition) is 3. The van der Waals surface area contributed by atoms with Crippen molar-refractivity contribution in [2.75, 3.05) is 7.11 Å². The van der Waals surface area contributed by atoms with Crippen molar-refractivity contribution in [1.82, 2.24) is 0 Å². The number of rotatable bonds is 12. The minimum absolute atomic E-state index is 0.0292. The summed E-state index contributed by atoms with van der Waals surface area (Å²) >= 11 is -2.59. The van der Waals surface area contributed by atoms with Crippen LogP contribution in [0.2, 0.25) is 13.3 Å². The Kier molecular flexibility index (Phi) is 9.92. The molecule has 1 aliphatic carbocycles. The second-order valence-corrected chi connectivity index (χ2v) is 21.5. The van der Waals surface area contributed by atoms with Crippen molar-refractivity contribution in [2.24, 2.45) is 5.41 Å². The van der Waals surface area contributed by atoms with Gasteiger partial charge in [-0.2, -0.15) is 0 Å². The zero-order valence-electron chi connectivity index (χ0n) is 18.0. The van der Waals surface area contributed by atoms with Crippen LogP contribution in [0.25, 0.3) is 0 Å². The normalized spacial score (nSPS) is 20.5. The molecule has 0 amide bonds. The molecule has 0 aliphatic heterocycles. The van der Waals surface area contributed by atoms with Gasteiger partial charge in [0.1, 0.15) is 0 Å². The van der Waals surface area contributed by atoms with Crippen LogP contribution in [0.1, 0.15) is 86.0 Å². The molecule has 0 bridgehead atoms. The number of carbonyl (C=O) groups is 2. The SMILES string of the molecule is CCC[CH2][Sn]([CH2]CCC)([CH2]CCC)[C]1=C(C)C(C(C)=O)(C(=O)OC)CC1. The van der Waals surface area contributed by atoms with E-state index < -0.39 is 23.8 Å². The first-order valence-corrected chi connectivity index (χ1v) is 18.1. The van der Waals surface area contributed by atoms with Gasteiger partial charge < -0.3 is 0 Å². The topological polar surface area (TPSA) is 43.4 Å². The summed E-state index contributed by atoms with van der Waals surface area (Å²) in [4.78, 5) is 25.2. The number of ether oxygens (including phenoxy) is 1. The first-order chi connectivity index (χ1) is 12.4. The molecule has 1 atom stereocenters. The van der Waals surface area contributed by atoms with Gasteiger partial charge in [-0.05, 0) is 0 Å². The van der Waals surface area contributed by atoms with Crippen molar-refractivity contribution >= 4 is 30.1 Å². The van der Waals surface area contributed by atoms with E-state index in [1.165, 1.54) is 58.9 Å². The second kappa shape index (κ2) is 10.9. The quantitative estimate of drug-likeness (QED) is 0.193. The standard InChI is InChI=1S/C10H13O3.3C4H9.Sn/c1-7-5-4-6-10(7,8(2)11)9(12)13-3;3*1-3-4-2;/h4,6H2,1-3H3;3*1,3-4H2,2H3;. The third kappa shape index (κ3) is 4.74. The number of hydrogen-bond donors (Lipinski definition) is 0. The molecule has 0 spiro atoms. The molecule has 0 N–H and O–H groups in total. The van der Waals surface area contributed by atoms with Crippen LogP contribution in [0.3, 0.4) is 0 Å². The first kappa shape index (κ1) is 23.7. The van der Waals surface area contributed by atoms with E-state index in [0.29, 0.717) is 6.42 Å². The molecule has 1 unspecified atom stereocenters. The molecule has 0 heterocycles. The van der Waals surface area contributed by atoms with E-state index in [1.54, 1.807) is 10.5 Å². The average molecular weight is 471 g/mol. The van der Waals surface area contributed by atoms with E-state index in [4.69, 9.17) is 4.74 Å². The molecule has 1 rings (SSSR count). The first-order valence-electron chi connectivity index (χ1n) is 10.7. The van der Waals surface area contributed by atoms with Crippen molar-refractivity contribution in [1.29, 1.82) is 0 Å². The average Bonchev–Trinajstić information content (AvgIpc) is 2.99. The molecule has 26 heavy (non-hydrogen) atoms. The predicted octanol–water partition coefficient (Wildman–Crippen LogP) is 6.23. The van der Waals surface area contributed by atoms with Crippen LogP contribution in [-0.2, 0) is 14.3 Å². The zero-order valence-corrected chi connectivity index (χ0v) is 20.9. The summed E-state index contributed by atoms with van der Waals surface area (Å²) in [5.74, 6) is -0.363. The summed E-state index contributed by atoms with van der Waals surface area (Å²) in [7, 11) is 1.42. The summed E-state index contributed by atoms with van der Waals surface area (Å²) in [6.07, 6.45) is 9.18. The zero-order chi connectivity index (χ0) is 19.8. The fourth-order valence-corrected chi connectivity index (χ4v) is 23.3. The summed E-state index contributed by atoms with van der Waals surface area (Å²) in [5, 5.41) is 0. The number of carbonyl (C=O) groups excluding carboxylic acids is 2. The monoisotopic (exact) mass is 472 g/mol. The molecule has 0 fully saturated rings. The molecule has 3 nitrogen and oxygen atoms in total. The minimum atomic E-state index is -2.59. The van der Waals surface area contributed by atoms with E-state index >= 15 is 0 Å². The van der Waals surface area contributed by atoms with Gasteiger partial charge in [0.15, 0.2) is 0 Å². The van der Waals surface area contributed by atoms with Gasteiger partial charge in [-0.25, -0.2) is 0 Å². The van der Waals surface area contributed by atoms with Gasteiger partial charge in [0.25, 0.3) is 0 Å². The summed E-state index contributed by atoms with van der Waals surface area (Å²) in [6, 6.07) is 0. The van der Waals surface area contributed by atoms with Crippen molar-refractivity contribution in [3.8, 4) is 0 Å². The molecule has 0 aromatic heterocycles. The predicted molar refractivity (Wildman–Crippen MR) is 112 cm³/mol. The summed E-state index contributed by atoms with van der Waals surface area (Å²) in [6.45, 7) is 10.5. The number of esters is 1. The Labute approximate surface area is 165 Å². The maximum absolute atomic E-state index is 12.6. The van der Waals surface area contributed by atoms with Gasteiger partial charge in [0.05, 0.1) is 0 Å². The van der Waals surface area contributed by atoms with E-state index in [2.05, 4.69) is 27.7 Å². The Balaban J connectivity index is 3.45. The molecule has 4 heteroatoms. The van der Waals surface area contributed by atoms with Crippen molar-refractivity contribution in [2.45, 2.75) is 99.3 Å². The Morgan fingerprint density at radius 3 is 1.81 bits per heavy atom. The van der Waals surface area contributed by atoms with Gasteiger partial charge >= 0.3 is 165 Å². The van der Waals surface area contributed by atoms with Crippen LogP contribution in [0.15, 0.2) is 9.16 Å². The van der Waals surface area contributed by atoms with Gasteiger partial charge in [-0.15, -0.1) is 0 Å². The fourth-order valence-electron chi connectivity index (χ4n) is 4.99. The molecule has 0 radical (unpaired) electrons. The summed E-state index contributed by atoms with van der Waals surface area (Å²) in [5.41, 5.74) is 0.104. The van der Waals surface area contributed by atoms with Crippen LogP contribution < -0.4 is 0 Å². The third-order valence-electron chi connectivity index (χ3n) is 6.64. The fraction of sp³-hybridized carbons (Fsp3) is 0.818. The molecule has 0 aromatic rings. The molecular weight excluding hydrogens is 431 g/mol. The van der Waals surface area contributed by atoms with E-state index in [1.807, 2.05) is 0 Å². The van der Waals surface area contributed by atoms with Crippen molar-refractivity contribution < 1.29 is 14.3 Å². The second-order valence-electron chi connectivity index (χ2n) is 8.15. The number of methoxy groups -OCH3 is 1. The maximum atomic E-state index is 12.6. The van der Waals surface area contributed by atoms with Crippen LogP contribution in [-0.4, -0.2) is 37.2 Å². The summed E-state index contributed by atoms with van der Waals surface area (Å²) < 4.78 is 10.9. The van der Waals surface area contributed by atoms with Gasteiger partial charge in [-0.1, -0.05) is 0 Å². The molecule has 0 saturated carbocycles. The number of ketones is 1. The van der Waals surface area contributed by atoms with Crippen LogP contribution in [0.5, 0.6) is 0 Å². The van der Waals surface area contributed by atoms with Crippen molar-refractivity contribution in [3.05, 3.63) is 9.16 Å². The van der Waals surface area contributed by atoms with Gasteiger partial charge in [-0.3, -0.25) is 0 Å². The number of allylic oxidation sites excluding steroid dienone is 1. The van der Waals surface area contributed by atoms with Crippen LogP contribution in [0.4, 0.5) is 0 Å². The van der Waals surface area contributed by atoms with E-state index in [0.717, 1.165) is 12.0 Å². The van der Waals surface area contributed by atoms with Crippen LogP contribution >= 0.6 is 0 Å². The Morgan fingerprint density at radius 2 is 1.46 bits per heavy atom. The number of Topliss-reactive ketones (excluding diaryl/α,β-unsaturated/α-hetero) is 1. The Hall–Kier alpha value is -0.321. The Morgan fingerprint density at radius 1 is 1.00 bits per heavy atom. The molecule has 1 aliphatic rings. The number of unbranched alkanes of at least 4 members (excludes halogenated alkanes) is 3. The van der Waals surface area contributed by atoms with E-state index in [9.17, 15) is 9.59 Å². The van der Waals surface area contributed by atoms with Crippen molar-refractivity contribution in [3.63, 3.8) is 0 Å². The molecule has 0 saturated heterocycles. The Bertz CT molecular complexity index is 502. The molecule has 0 aromatic carbocycles. The molecule has 150 valence electrons. The molecular formula is C22H40O3Sn. The van der Waals surface area contributed by atoms with Gasteiger partial charge in [0.2, 0.25) is 0 Å². The van der Waals surface area contributed by atoms with Gasteiger partial charge in [0, 0.05) is 0 Å². The van der Waals surface area contributed by atoms with E-state index in [-0.39, 0.29) is 11.8 Å². The third-order valence-corrected chi connectivity index (χ3v) is 23.3. The van der Waals surface area contributed by atoms with Crippen LogP contribution in [0, 0.1) is 5.41 Å².